The molecular formula is C17H15ClFN2O+. The van der Waals surface area contributed by atoms with Gasteiger partial charge in [-0.25, -0.2) is 4.39 Å². The summed E-state index contributed by atoms with van der Waals surface area (Å²) in [6, 6.07) is 16.0. The summed E-state index contributed by atoms with van der Waals surface area (Å²) in [6.07, 6.45) is 3.74. The summed E-state index contributed by atoms with van der Waals surface area (Å²) in [7, 11) is 0. The molecule has 0 fully saturated rings. The lowest BCUT2D eigenvalue weighted by Gasteiger charge is -2.04. The van der Waals surface area contributed by atoms with Crippen LogP contribution in [0.5, 0.6) is 0 Å². The molecule has 3 nitrogen and oxygen atoms in total. The summed E-state index contributed by atoms with van der Waals surface area (Å²) in [5.74, 6) is -0.699. The van der Waals surface area contributed by atoms with Crippen LogP contribution in [0, 0.1) is 5.82 Å². The van der Waals surface area contributed by atoms with Gasteiger partial charge in [0.2, 0.25) is 6.54 Å². The molecule has 0 saturated heterocycles. The van der Waals surface area contributed by atoms with Crippen LogP contribution in [0.15, 0.2) is 67.0 Å². The molecular weight excluding hydrogens is 303 g/mol. The number of para-hydroxylation sites is 1. The molecule has 2 aromatic carbocycles. The van der Waals surface area contributed by atoms with Gasteiger partial charge in [-0.3, -0.25) is 4.79 Å². The zero-order valence-electron chi connectivity index (χ0n) is 11.7. The van der Waals surface area contributed by atoms with Crippen molar-refractivity contribution in [2.75, 3.05) is 5.32 Å². The monoisotopic (exact) mass is 317 g/mol. The van der Waals surface area contributed by atoms with E-state index in [1.807, 2.05) is 42.7 Å². The predicted molar refractivity (Wildman–Crippen MR) is 86.4 cm³/mol. The number of carbonyl (C=O) groups excluding carboxylic acids is 1. The lowest BCUT2D eigenvalue weighted by Crippen LogP contribution is -2.39. The Hall–Kier alpha value is -2.46. The Balaban J connectivity index is 0.00000176. The number of nitrogens with one attached hydrogen (secondary N) is 1. The van der Waals surface area contributed by atoms with Crippen molar-refractivity contribution in [3.63, 3.8) is 0 Å². The first-order chi connectivity index (χ1) is 10.2. The van der Waals surface area contributed by atoms with Crippen molar-refractivity contribution in [1.29, 1.82) is 0 Å². The number of hydrogen-bond donors (Lipinski definition) is 1. The second-order valence-electron chi connectivity index (χ2n) is 4.77. The first-order valence-corrected chi connectivity index (χ1v) is 6.64. The van der Waals surface area contributed by atoms with Gasteiger partial charge in [-0.1, -0.05) is 30.3 Å². The molecule has 3 aromatic rings. The average Bonchev–Trinajstić information content (AvgIpc) is 2.49. The minimum Gasteiger partial charge on any atom is -0.318 e. The van der Waals surface area contributed by atoms with Crippen LogP contribution in [0.3, 0.4) is 0 Å². The molecule has 0 atom stereocenters. The highest BCUT2D eigenvalue weighted by Crippen LogP contribution is 2.12. The Labute approximate surface area is 133 Å². The number of anilines is 1. The summed E-state index contributed by atoms with van der Waals surface area (Å²) < 4.78 is 15.3. The largest absolute Gasteiger partial charge is 0.318 e. The fraction of sp³-hybridized carbons (Fsp3) is 0.0588. The fourth-order valence-corrected chi connectivity index (χ4v) is 2.19. The van der Waals surface area contributed by atoms with Crippen molar-refractivity contribution in [2.45, 2.75) is 6.54 Å². The molecule has 0 saturated carbocycles. The number of benzene rings is 2. The van der Waals surface area contributed by atoms with Crippen LogP contribution in [0.2, 0.25) is 0 Å². The number of fused-ring (bicyclic) bond motifs is 1. The zero-order valence-corrected chi connectivity index (χ0v) is 12.5. The van der Waals surface area contributed by atoms with Crippen molar-refractivity contribution < 1.29 is 13.8 Å². The highest BCUT2D eigenvalue weighted by molar-refractivity contribution is 5.89. The van der Waals surface area contributed by atoms with Crippen molar-refractivity contribution in [3.8, 4) is 0 Å². The molecule has 0 radical (unpaired) electrons. The summed E-state index contributed by atoms with van der Waals surface area (Å²) in [6.45, 7) is 0.138. The van der Waals surface area contributed by atoms with Gasteiger partial charge in [0.15, 0.2) is 12.4 Å². The van der Waals surface area contributed by atoms with Gasteiger partial charge in [-0.2, -0.15) is 4.57 Å². The van der Waals surface area contributed by atoms with Gasteiger partial charge in [-0.15, -0.1) is 12.4 Å². The molecule has 5 heteroatoms. The molecule has 112 valence electrons. The van der Waals surface area contributed by atoms with Crippen LogP contribution < -0.4 is 9.88 Å². The van der Waals surface area contributed by atoms with Gasteiger partial charge in [0.05, 0.1) is 5.69 Å². The number of hydrogen-bond acceptors (Lipinski definition) is 1. The van der Waals surface area contributed by atoms with E-state index >= 15 is 0 Å². The van der Waals surface area contributed by atoms with Gasteiger partial charge < -0.3 is 5.32 Å². The molecule has 0 bridgehead atoms. The molecule has 1 N–H and O–H groups in total. The van der Waals surface area contributed by atoms with Crippen molar-refractivity contribution in [2.24, 2.45) is 0 Å². The van der Waals surface area contributed by atoms with Gasteiger partial charge in [0, 0.05) is 11.5 Å². The average molecular weight is 318 g/mol. The Morgan fingerprint density at radius 3 is 2.45 bits per heavy atom. The molecule has 1 amide bonds. The minimum absolute atomic E-state index is 0. The van der Waals surface area contributed by atoms with Crippen LogP contribution in [-0.2, 0) is 11.3 Å². The molecule has 1 heterocycles. The second-order valence-corrected chi connectivity index (χ2v) is 4.77. The summed E-state index contributed by atoms with van der Waals surface area (Å²) in [4.78, 5) is 12.0. The number of amides is 1. The lowest BCUT2D eigenvalue weighted by atomic mass is 10.2. The standard InChI is InChI=1S/C17H13FN2O.ClH/c18-15-7-3-4-8-16(15)19-17(21)12-20-10-9-13-5-1-2-6-14(13)11-20;/h1-11H,12H2;1H/p+1. The molecule has 1 aromatic heterocycles. The van der Waals surface area contributed by atoms with Crippen LogP contribution in [-0.4, -0.2) is 5.91 Å². The molecule has 22 heavy (non-hydrogen) atoms. The minimum atomic E-state index is -0.436. The van der Waals surface area contributed by atoms with Crippen molar-refractivity contribution in [3.05, 3.63) is 72.8 Å². The van der Waals surface area contributed by atoms with Crippen molar-refractivity contribution in [1.82, 2.24) is 0 Å². The molecule has 0 unspecified atom stereocenters. The molecule has 0 aliphatic carbocycles. The highest BCUT2D eigenvalue weighted by atomic mass is 35.5. The number of halogens is 2. The maximum absolute atomic E-state index is 13.5. The zero-order chi connectivity index (χ0) is 14.7. The van der Waals surface area contributed by atoms with Gasteiger partial charge in [-0.05, 0) is 23.6 Å². The fourth-order valence-electron chi connectivity index (χ4n) is 2.19. The molecule has 0 aliphatic heterocycles. The predicted octanol–water partition coefficient (Wildman–Crippen LogP) is 3.33. The van der Waals surface area contributed by atoms with E-state index in [1.165, 1.54) is 12.1 Å². The number of nitrogens with zero attached hydrogens (tertiary/aromatic N) is 1. The second kappa shape index (κ2) is 7.00. The van der Waals surface area contributed by atoms with Gasteiger partial charge in [0.1, 0.15) is 5.82 Å². The molecule has 0 spiro atoms. The third kappa shape index (κ3) is 3.59. The van der Waals surface area contributed by atoms with E-state index in [2.05, 4.69) is 5.32 Å². The Morgan fingerprint density at radius 1 is 1.00 bits per heavy atom. The number of rotatable bonds is 3. The summed E-state index contributed by atoms with van der Waals surface area (Å²) in [5, 5.41) is 4.74. The maximum Gasteiger partial charge on any atom is 0.290 e. The summed E-state index contributed by atoms with van der Waals surface area (Å²) in [5.41, 5.74) is 0.198. The van der Waals surface area contributed by atoms with Crippen LogP contribution in [0.4, 0.5) is 10.1 Å². The normalized spacial score (nSPS) is 10.0. The Morgan fingerprint density at radius 2 is 1.68 bits per heavy atom. The lowest BCUT2D eigenvalue weighted by molar-refractivity contribution is -0.682. The summed E-state index contributed by atoms with van der Waals surface area (Å²) >= 11 is 0. The highest BCUT2D eigenvalue weighted by Gasteiger charge is 2.12. The van der Waals surface area contributed by atoms with E-state index in [0.717, 1.165) is 10.8 Å². The number of pyridine rings is 1. The van der Waals surface area contributed by atoms with E-state index in [0.29, 0.717) is 0 Å². The van der Waals surface area contributed by atoms with Gasteiger partial charge >= 0.3 is 0 Å². The first-order valence-electron chi connectivity index (χ1n) is 6.64. The quantitative estimate of drug-likeness (QED) is 0.739. The number of aromatic nitrogens is 1. The molecule has 3 rings (SSSR count). The first kappa shape index (κ1) is 15.9. The Bertz CT molecular complexity index is 807. The van der Waals surface area contributed by atoms with Crippen molar-refractivity contribution >= 4 is 34.8 Å². The van der Waals surface area contributed by atoms with Crippen LogP contribution in [0.25, 0.3) is 10.8 Å². The third-order valence-electron chi connectivity index (χ3n) is 3.22. The van der Waals surface area contributed by atoms with E-state index < -0.39 is 5.82 Å². The van der Waals surface area contributed by atoms with E-state index in [-0.39, 0.29) is 30.5 Å². The smallest absolute Gasteiger partial charge is 0.290 e. The van der Waals surface area contributed by atoms with Crippen LogP contribution >= 0.6 is 12.4 Å². The third-order valence-corrected chi connectivity index (χ3v) is 3.22. The van der Waals surface area contributed by atoms with E-state index in [1.54, 1.807) is 16.7 Å². The maximum atomic E-state index is 13.5. The SMILES string of the molecule is Cl.O=C(C[n+]1ccc2ccccc2c1)Nc1ccccc1F. The van der Waals surface area contributed by atoms with E-state index in [9.17, 15) is 9.18 Å². The number of carbonyl (C=O) groups is 1. The Kier molecular flexibility index (Phi) is 5.07. The molecule has 0 aliphatic rings. The topological polar surface area (TPSA) is 33.0 Å². The van der Waals surface area contributed by atoms with E-state index in [4.69, 9.17) is 0 Å². The van der Waals surface area contributed by atoms with Crippen LogP contribution in [0.1, 0.15) is 0 Å². The van der Waals surface area contributed by atoms with Gasteiger partial charge in [0.25, 0.3) is 5.91 Å².